The molecule has 0 spiro atoms. The molecule has 5 unspecified atom stereocenters. The third kappa shape index (κ3) is 27.2. The van der Waals surface area contributed by atoms with Gasteiger partial charge in [0.1, 0.15) is 78.4 Å². The van der Waals surface area contributed by atoms with Crippen LogP contribution in [-0.4, -0.2) is 251 Å². The number of allylic oxidation sites excluding steroid dienone is 1. The number of carbonyl (C=O) groups is 15. The molecule has 0 aliphatic carbocycles. The highest BCUT2D eigenvalue weighted by atomic mass is 16.5. The van der Waals surface area contributed by atoms with Gasteiger partial charge in [-0.25, -0.2) is 4.79 Å². The lowest BCUT2D eigenvalue weighted by atomic mass is 9.87. The molecule has 0 bridgehead atoms. The lowest BCUT2D eigenvalue weighted by Crippen LogP contribution is -2.66. The van der Waals surface area contributed by atoms with Gasteiger partial charge >= 0.3 is 5.97 Å². The molecule has 572 valence electrons. The molecule has 1 saturated heterocycles. The number of aromatic hydroxyl groups is 1. The van der Waals surface area contributed by atoms with Gasteiger partial charge in [0.25, 0.3) is 0 Å². The van der Waals surface area contributed by atoms with Crippen LogP contribution in [-0.2, 0) is 86.1 Å². The number of nitrogens with one attached hydrogen (secondary N) is 9. The van der Waals surface area contributed by atoms with Gasteiger partial charge in [0, 0.05) is 46.7 Å². The molecule has 14 amide bonds. The van der Waals surface area contributed by atoms with Gasteiger partial charge in [-0.1, -0.05) is 72.2 Å². The Bertz CT molecular complexity index is 3140. The van der Waals surface area contributed by atoms with E-state index >= 15 is 9.59 Å². The van der Waals surface area contributed by atoms with Gasteiger partial charge in [0.05, 0.1) is 31.8 Å². The number of ether oxygens (including phenoxy) is 3. The first-order valence-electron chi connectivity index (χ1n) is 33.1. The fraction of sp³-hybridized carbons (Fsp3) is 0.646. The van der Waals surface area contributed by atoms with E-state index in [1.807, 2.05) is 13.8 Å². The third-order valence-electron chi connectivity index (χ3n) is 17.0. The summed E-state index contributed by atoms with van der Waals surface area (Å²) >= 11 is 0. The second-order valence-electron chi connectivity index (χ2n) is 25.9. The summed E-state index contributed by atoms with van der Waals surface area (Å²) in [5, 5.41) is 63.1. The summed E-state index contributed by atoms with van der Waals surface area (Å²) in [5.74, 6) is -21.0. The Morgan fingerprint density at radius 1 is 0.706 bits per heavy atom. The molecule has 0 radical (unpaired) electrons. The second-order valence-corrected chi connectivity index (χ2v) is 25.9. The Morgan fingerprint density at radius 2 is 1.28 bits per heavy atom. The molecule has 1 fully saturated rings. The van der Waals surface area contributed by atoms with Crippen LogP contribution >= 0.6 is 0 Å². The zero-order valence-electron chi connectivity index (χ0n) is 60.0. The maximum Gasteiger partial charge on any atom is 0.328 e. The molecular formula is C65H105N15O22. The van der Waals surface area contributed by atoms with Crippen molar-refractivity contribution in [3.8, 4) is 5.75 Å². The first-order valence-corrected chi connectivity index (χ1v) is 33.1. The number of likely N-dealkylation sites (N-methyl/N-ethyl adjacent to an activating group) is 2. The van der Waals surface area contributed by atoms with Crippen molar-refractivity contribution in [3.05, 3.63) is 42.0 Å². The highest BCUT2D eigenvalue weighted by molar-refractivity contribution is 6.01. The van der Waals surface area contributed by atoms with Gasteiger partial charge in [-0.2, -0.15) is 0 Å². The fourth-order valence-electron chi connectivity index (χ4n) is 10.6. The van der Waals surface area contributed by atoms with Crippen molar-refractivity contribution < 1.29 is 107 Å². The van der Waals surface area contributed by atoms with E-state index in [1.165, 1.54) is 72.2 Å². The van der Waals surface area contributed by atoms with Crippen molar-refractivity contribution >= 4 is 88.7 Å². The molecular weight excluding hydrogens is 1340 g/mol. The predicted molar refractivity (Wildman–Crippen MR) is 362 cm³/mol. The van der Waals surface area contributed by atoms with E-state index in [2.05, 4.69) is 47.9 Å². The second kappa shape index (κ2) is 42.1. The van der Waals surface area contributed by atoms with Crippen LogP contribution in [0.3, 0.4) is 0 Å². The van der Waals surface area contributed by atoms with Crippen molar-refractivity contribution in [3.63, 3.8) is 0 Å². The minimum absolute atomic E-state index is 0.0274. The Balaban J connectivity index is 2.86. The van der Waals surface area contributed by atoms with Crippen LogP contribution in [0, 0.1) is 23.7 Å². The molecule has 19 atom stereocenters. The molecule has 102 heavy (non-hydrogen) atoms. The number of amides is 14. The number of benzene rings is 1. The average Bonchev–Trinajstić information content (AvgIpc) is 0.813. The van der Waals surface area contributed by atoms with E-state index < -0.39 is 230 Å². The third-order valence-corrected chi connectivity index (χ3v) is 17.0. The molecule has 37 nitrogen and oxygen atoms in total. The number of carbonyl (C=O) groups excluding carboxylic acids is 15. The van der Waals surface area contributed by atoms with Gasteiger partial charge in [-0.05, 0) is 82.4 Å². The number of hydrogen-bond donors (Lipinski definition) is 17. The van der Waals surface area contributed by atoms with Crippen LogP contribution in [0.15, 0.2) is 36.4 Å². The molecule has 1 aliphatic heterocycles. The highest BCUT2D eigenvalue weighted by Crippen LogP contribution is 2.26. The van der Waals surface area contributed by atoms with Crippen LogP contribution in [0.1, 0.15) is 119 Å². The van der Waals surface area contributed by atoms with Crippen LogP contribution < -0.4 is 70.8 Å². The minimum atomic E-state index is -2.45. The van der Waals surface area contributed by atoms with E-state index in [0.29, 0.717) is 0 Å². The summed E-state index contributed by atoms with van der Waals surface area (Å²) in [4.78, 5) is 211. The van der Waals surface area contributed by atoms with Crippen molar-refractivity contribution in [1.82, 2.24) is 57.7 Å². The lowest BCUT2D eigenvalue weighted by Gasteiger charge is -2.36. The zero-order valence-corrected chi connectivity index (χ0v) is 60.0. The smallest absolute Gasteiger partial charge is 0.328 e. The summed E-state index contributed by atoms with van der Waals surface area (Å²) in [6.45, 7) is 12.7. The number of phenolic OH excluding ortho intramolecular Hbond substituents is 1. The van der Waals surface area contributed by atoms with Crippen molar-refractivity contribution in [2.45, 2.75) is 205 Å². The largest absolute Gasteiger partial charge is 0.508 e. The number of esters is 1. The van der Waals surface area contributed by atoms with E-state index in [9.17, 15) is 82.8 Å². The molecule has 1 aromatic carbocycles. The van der Waals surface area contributed by atoms with E-state index in [4.69, 9.17) is 37.1 Å². The maximum atomic E-state index is 15.0. The van der Waals surface area contributed by atoms with Crippen LogP contribution in [0.4, 0.5) is 0 Å². The van der Waals surface area contributed by atoms with Gasteiger partial charge in [-0.3, -0.25) is 67.1 Å². The number of cyclic esters (lactones) is 1. The van der Waals surface area contributed by atoms with Crippen LogP contribution in [0.2, 0.25) is 0 Å². The average molecular weight is 1450 g/mol. The highest BCUT2D eigenvalue weighted by Gasteiger charge is 2.45. The Hall–Kier alpha value is -9.43. The summed E-state index contributed by atoms with van der Waals surface area (Å²) in [6.07, 6.45) is -6.11. The van der Waals surface area contributed by atoms with Gasteiger partial charge in [0.2, 0.25) is 82.7 Å². The summed E-state index contributed by atoms with van der Waals surface area (Å²) in [5.41, 5.74) is 22.9. The van der Waals surface area contributed by atoms with Gasteiger partial charge in [0.15, 0.2) is 6.10 Å². The maximum absolute atomic E-state index is 15.0. The number of hydrogen-bond acceptors (Lipinski definition) is 23. The summed E-state index contributed by atoms with van der Waals surface area (Å²) < 4.78 is 16.8. The van der Waals surface area contributed by atoms with E-state index in [-0.39, 0.29) is 29.6 Å². The first kappa shape index (κ1) is 88.7. The number of aliphatic hydroxyl groups is 3. The first-order chi connectivity index (χ1) is 47.5. The van der Waals surface area contributed by atoms with E-state index in [1.54, 1.807) is 19.9 Å². The van der Waals surface area contributed by atoms with Gasteiger partial charge < -0.3 is 115 Å². The SMILES string of the molecule is CCCC(C)/C=C\C(O)CC(=O)N[C@@H](C(=O)N[C@@H](C(=O)N[C@H](C(=O)NC(C(=O)N[C@H]1C(=O)N[C@H](COC)C(=O)NCC(=O)N[C@@H](CC(C)C)C(=O)N(C)[C@@H](CCC(N)=O)C(=O)N[C@H]([C@H](OC)c2ccc(O)cc2)C(=O)N(C)[C@@H](C)C(=O)O[C@@H]1C)C(C)C(C)C(N)=O)[C@H](C)N)[C@@H](C)O)[C@H](O)C(N)=O. The van der Waals surface area contributed by atoms with E-state index in [0.717, 1.165) is 50.6 Å². The predicted octanol–water partition coefficient (Wildman–Crippen LogP) is -6.27. The Kier molecular flexibility index (Phi) is 36.6. The minimum Gasteiger partial charge on any atom is -0.508 e. The molecule has 0 aromatic heterocycles. The number of methoxy groups -OCH3 is 2. The molecule has 37 heteroatoms. The normalized spacial score (nSPS) is 23.0. The van der Waals surface area contributed by atoms with Crippen molar-refractivity contribution in [2.75, 3.05) is 41.5 Å². The fourth-order valence-corrected chi connectivity index (χ4v) is 10.6. The number of nitrogens with zero attached hydrogens (tertiary/aromatic N) is 2. The number of nitrogens with two attached hydrogens (primary N) is 4. The molecule has 1 heterocycles. The zero-order chi connectivity index (χ0) is 77.9. The summed E-state index contributed by atoms with van der Waals surface area (Å²) in [7, 11) is 4.62. The number of primary amides is 3. The molecule has 1 aromatic rings. The number of rotatable bonds is 32. The number of aliphatic hydroxyl groups excluding tert-OH is 3. The Morgan fingerprint density at radius 3 is 1.81 bits per heavy atom. The van der Waals surface area contributed by atoms with Crippen LogP contribution in [0.5, 0.6) is 5.75 Å². The number of phenols is 1. The standard InChI is InChI=1S/C65H105N15O22/c1-15-16-30(4)17-20-39(83)26-44(85)73-50(52(87)55(69)89)62(96)76-48(35(9)81)60(94)75-47(33(7)66)59(93)74-46(31(5)32(6)54(68)88)58(92)77-49-36(10)102-65(99)34(8)79(11)64(98)51(53(101-14)37-18-21-38(82)22-19-37)78-57(91)42(23-24-43(67)84)80(12)63(97)40(25-29(2)3)71-45(86)27-70-56(90)41(28-100-13)72-61(49)95/h17-22,29-36,39-42,46-53,81-83,87H,15-16,23-28,66H2,1-14H3,(H2,67,84)(H2,68,88)(H2,69,89)(H,70,90)(H,71,86)(H,72,95)(H,73,85)(H,74,93)(H,75,94)(H,76,96)(H,77,92)(H,78,91)/b20-17-/t30?,31?,32?,33-,34-,35+,36+,39?,40-,41+,42-,46?,47-,48+,49+,50+,51+,52-,53+/m0/s1. The topological polar surface area (TPSA) is 583 Å². The lowest BCUT2D eigenvalue weighted by molar-refractivity contribution is -0.161. The molecule has 0 saturated carbocycles. The van der Waals surface area contributed by atoms with Crippen LogP contribution in [0.25, 0.3) is 0 Å². The van der Waals surface area contributed by atoms with Crippen molar-refractivity contribution in [1.29, 1.82) is 0 Å². The van der Waals surface area contributed by atoms with Gasteiger partial charge in [-0.15, -0.1) is 0 Å². The molecule has 1 aliphatic rings. The monoisotopic (exact) mass is 1450 g/mol. The molecule has 21 N–H and O–H groups in total. The Labute approximate surface area is 591 Å². The molecule has 2 rings (SSSR count). The van der Waals surface area contributed by atoms with Crippen molar-refractivity contribution in [2.24, 2.45) is 46.6 Å². The quantitative estimate of drug-likeness (QED) is 0.0236. The summed E-state index contributed by atoms with van der Waals surface area (Å²) in [6, 6.07) is -15.0.